The minimum absolute atomic E-state index is 0.487. The van der Waals surface area contributed by atoms with Gasteiger partial charge in [0, 0.05) is 12.6 Å². The summed E-state index contributed by atoms with van der Waals surface area (Å²) in [6.07, 6.45) is 1.24. The Kier molecular flexibility index (Phi) is 3.54. The SMILES string of the molecule is CC(c1ccc2ccccc2c1)N1CCC(CN)C1. The summed E-state index contributed by atoms with van der Waals surface area (Å²) in [5.74, 6) is 0.683. The molecule has 1 aliphatic heterocycles. The van der Waals surface area contributed by atoms with Crippen LogP contribution in [-0.4, -0.2) is 24.5 Å². The highest BCUT2D eigenvalue weighted by molar-refractivity contribution is 5.83. The third kappa shape index (κ3) is 2.51. The molecule has 2 N–H and O–H groups in total. The van der Waals surface area contributed by atoms with Crippen LogP contribution in [0.1, 0.15) is 24.9 Å². The van der Waals surface area contributed by atoms with Crippen molar-refractivity contribution in [3.63, 3.8) is 0 Å². The Labute approximate surface area is 115 Å². The molecule has 0 aromatic heterocycles. The topological polar surface area (TPSA) is 29.3 Å². The zero-order chi connectivity index (χ0) is 13.2. The number of benzene rings is 2. The molecule has 0 amide bonds. The number of nitrogens with two attached hydrogens (primary N) is 1. The van der Waals surface area contributed by atoms with Crippen LogP contribution in [0.15, 0.2) is 42.5 Å². The Bertz CT molecular complexity index is 564. The van der Waals surface area contributed by atoms with Gasteiger partial charge in [-0.3, -0.25) is 4.90 Å². The van der Waals surface area contributed by atoms with E-state index in [1.165, 1.54) is 29.3 Å². The number of hydrogen-bond donors (Lipinski definition) is 1. The van der Waals surface area contributed by atoms with Gasteiger partial charge in [0.2, 0.25) is 0 Å². The van der Waals surface area contributed by atoms with Gasteiger partial charge in [-0.1, -0.05) is 36.4 Å². The maximum absolute atomic E-state index is 5.78. The summed E-state index contributed by atoms with van der Waals surface area (Å²) in [7, 11) is 0. The first kappa shape index (κ1) is 12.6. The van der Waals surface area contributed by atoms with Crippen molar-refractivity contribution in [2.24, 2.45) is 11.7 Å². The summed E-state index contributed by atoms with van der Waals surface area (Å²) in [6, 6.07) is 15.9. The standard InChI is InChI=1S/C17H22N2/c1-13(19-9-8-14(11-18)12-19)16-7-6-15-4-2-3-5-17(15)10-16/h2-7,10,13-14H,8-9,11-12,18H2,1H3. The van der Waals surface area contributed by atoms with E-state index in [1.54, 1.807) is 0 Å². The summed E-state index contributed by atoms with van der Waals surface area (Å²) >= 11 is 0. The van der Waals surface area contributed by atoms with E-state index in [4.69, 9.17) is 5.73 Å². The highest BCUT2D eigenvalue weighted by atomic mass is 15.2. The molecular weight excluding hydrogens is 232 g/mol. The zero-order valence-corrected chi connectivity index (χ0v) is 11.5. The van der Waals surface area contributed by atoms with E-state index in [0.29, 0.717) is 12.0 Å². The first-order chi connectivity index (χ1) is 9.28. The van der Waals surface area contributed by atoms with Gasteiger partial charge in [-0.15, -0.1) is 0 Å². The molecule has 2 unspecified atom stereocenters. The monoisotopic (exact) mass is 254 g/mol. The minimum Gasteiger partial charge on any atom is -0.330 e. The molecule has 1 heterocycles. The highest BCUT2D eigenvalue weighted by Gasteiger charge is 2.25. The van der Waals surface area contributed by atoms with Gasteiger partial charge in [-0.25, -0.2) is 0 Å². The third-order valence-electron chi connectivity index (χ3n) is 4.45. The lowest BCUT2D eigenvalue weighted by Crippen LogP contribution is -2.26. The molecule has 1 fully saturated rings. The molecule has 0 bridgehead atoms. The predicted molar refractivity (Wildman–Crippen MR) is 81.1 cm³/mol. The quantitative estimate of drug-likeness (QED) is 0.911. The van der Waals surface area contributed by atoms with Gasteiger partial charge in [0.1, 0.15) is 0 Å². The second-order valence-electron chi connectivity index (χ2n) is 5.67. The average Bonchev–Trinajstić information content (AvgIpc) is 2.95. The fraction of sp³-hybridized carbons (Fsp3) is 0.412. The van der Waals surface area contributed by atoms with E-state index in [9.17, 15) is 0 Å². The molecule has 0 spiro atoms. The Morgan fingerprint density at radius 2 is 2.00 bits per heavy atom. The summed E-state index contributed by atoms with van der Waals surface area (Å²) in [6.45, 7) is 5.45. The number of fused-ring (bicyclic) bond motifs is 1. The first-order valence-corrected chi connectivity index (χ1v) is 7.21. The third-order valence-corrected chi connectivity index (χ3v) is 4.45. The average molecular weight is 254 g/mol. The second kappa shape index (κ2) is 5.32. The van der Waals surface area contributed by atoms with E-state index in [0.717, 1.165) is 13.1 Å². The van der Waals surface area contributed by atoms with Gasteiger partial charge in [-0.05, 0) is 54.8 Å². The molecule has 0 aliphatic carbocycles. The minimum atomic E-state index is 0.487. The first-order valence-electron chi connectivity index (χ1n) is 7.21. The van der Waals surface area contributed by atoms with Gasteiger partial charge >= 0.3 is 0 Å². The Balaban J connectivity index is 1.83. The fourth-order valence-electron chi connectivity index (χ4n) is 3.09. The summed E-state index contributed by atoms with van der Waals surface area (Å²) in [5, 5.41) is 2.65. The molecule has 0 radical (unpaired) electrons. The maximum atomic E-state index is 5.78. The lowest BCUT2D eigenvalue weighted by atomic mass is 10.0. The van der Waals surface area contributed by atoms with E-state index in [-0.39, 0.29) is 0 Å². The van der Waals surface area contributed by atoms with Gasteiger partial charge < -0.3 is 5.73 Å². The summed E-state index contributed by atoms with van der Waals surface area (Å²) in [4.78, 5) is 2.56. The smallest absolute Gasteiger partial charge is 0.0320 e. The molecule has 2 heteroatoms. The van der Waals surface area contributed by atoms with Gasteiger partial charge in [-0.2, -0.15) is 0 Å². The zero-order valence-electron chi connectivity index (χ0n) is 11.5. The van der Waals surface area contributed by atoms with Crippen molar-refractivity contribution in [3.8, 4) is 0 Å². The normalized spacial score (nSPS) is 21.9. The number of nitrogens with zero attached hydrogens (tertiary/aromatic N) is 1. The van der Waals surface area contributed by atoms with Crippen molar-refractivity contribution in [2.75, 3.05) is 19.6 Å². The molecule has 19 heavy (non-hydrogen) atoms. The molecule has 2 atom stereocenters. The molecule has 100 valence electrons. The van der Waals surface area contributed by atoms with Crippen LogP contribution in [0.5, 0.6) is 0 Å². The lowest BCUT2D eigenvalue weighted by molar-refractivity contribution is 0.253. The molecular formula is C17H22N2. The van der Waals surface area contributed by atoms with Crippen LogP contribution in [0.3, 0.4) is 0 Å². The summed E-state index contributed by atoms with van der Waals surface area (Å²) < 4.78 is 0. The Morgan fingerprint density at radius 1 is 1.21 bits per heavy atom. The maximum Gasteiger partial charge on any atom is 0.0320 e. The molecule has 2 aromatic rings. The van der Waals surface area contributed by atoms with Crippen molar-refractivity contribution in [3.05, 3.63) is 48.0 Å². The van der Waals surface area contributed by atoms with Crippen LogP contribution in [0.2, 0.25) is 0 Å². The van der Waals surface area contributed by atoms with Crippen LogP contribution < -0.4 is 5.73 Å². The molecule has 0 saturated carbocycles. The molecule has 3 rings (SSSR count). The fourth-order valence-corrected chi connectivity index (χ4v) is 3.09. The van der Waals surface area contributed by atoms with Crippen molar-refractivity contribution < 1.29 is 0 Å². The van der Waals surface area contributed by atoms with E-state index < -0.39 is 0 Å². The number of rotatable bonds is 3. The van der Waals surface area contributed by atoms with Crippen LogP contribution in [-0.2, 0) is 0 Å². The summed E-state index contributed by atoms with van der Waals surface area (Å²) in [5.41, 5.74) is 7.20. The van der Waals surface area contributed by atoms with Crippen molar-refractivity contribution in [1.82, 2.24) is 4.90 Å². The number of hydrogen-bond acceptors (Lipinski definition) is 2. The number of likely N-dealkylation sites (tertiary alicyclic amines) is 1. The highest BCUT2D eigenvalue weighted by Crippen LogP contribution is 2.28. The molecule has 1 saturated heterocycles. The van der Waals surface area contributed by atoms with Crippen LogP contribution >= 0.6 is 0 Å². The largest absolute Gasteiger partial charge is 0.330 e. The lowest BCUT2D eigenvalue weighted by Gasteiger charge is -2.25. The Morgan fingerprint density at radius 3 is 2.74 bits per heavy atom. The van der Waals surface area contributed by atoms with Crippen molar-refractivity contribution in [1.29, 1.82) is 0 Å². The van der Waals surface area contributed by atoms with Gasteiger partial charge in [0.15, 0.2) is 0 Å². The predicted octanol–water partition coefficient (Wildman–Crippen LogP) is 3.18. The van der Waals surface area contributed by atoms with Gasteiger partial charge in [0.05, 0.1) is 0 Å². The van der Waals surface area contributed by atoms with Crippen molar-refractivity contribution in [2.45, 2.75) is 19.4 Å². The molecule has 1 aliphatic rings. The molecule has 2 aromatic carbocycles. The second-order valence-corrected chi connectivity index (χ2v) is 5.67. The Hall–Kier alpha value is -1.38. The van der Waals surface area contributed by atoms with E-state index in [2.05, 4.69) is 54.3 Å². The van der Waals surface area contributed by atoms with Crippen LogP contribution in [0.25, 0.3) is 10.8 Å². The van der Waals surface area contributed by atoms with Gasteiger partial charge in [0.25, 0.3) is 0 Å². The van der Waals surface area contributed by atoms with Crippen molar-refractivity contribution >= 4 is 10.8 Å². The van der Waals surface area contributed by atoms with Crippen LogP contribution in [0, 0.1) is 5.92 Å². The van der Waals surface area contributed by atoms with E-state index in [1.807, 2.05) is 0 Å². The molecule has 2 nitrogen and oxygen atoms in total. The van der Waals surface area contributed by atoms with E-state index >= 15 is 0 Å². The van der Waals surface area contributed by atoms with Crippen LogP contribution in [0.4, 0.5) is 0 Å².